The van der Waals surface area contributed by atoms with Gasteiger partial charge in [-0.1, -0.05) is 40.9 Å². The van der Waals surface area contributed by atoms with E-state index in [1.54, 1.807) is 29.5 Å². The van der Waals surface area contributed by atoms with Gasteiger partial charge in [-0.05, 0) is 48.2 Å². The van der Waals surface area contributed by atoms with E-state index < -0.39 is 5.79 Å². The van der Waals surface area contributed by atoms with Crippen molar-refractivity contribution in [3.05, 3.63) is 77.7 Å². The van der Waals surface area contributed by atoms with Crippen molar-refractivity contribution in [1.29, 1.82) is 0 Å². The average Bonchev–Trinajstić information content (AvgIpc) is 3.10. The van der Waals surface area contributed by atoms with E-state index >= 15 is 0 Å². The second-order valence-corrected chi connectivity index (χ2v) is 9.51. The van der Waals surface area contributed by atoms with E-state index in [-0.39, 0.29) is 11.3 Å². The Labute approximate surface area is 180 Å². The van der Waals surface area contributed by atoms with Gasteiger partial charge in [0.15, 0.2) is 11.2 Å². The number of fused-ring (bicyclic) bond motifs is 3. The maximum absolute atomic E-state index is 13.4. The standard InChI is InChI=1S/C21H15Cl3O3S/c22-12-2-4-17-15(8-12)20(25)19-18(28-17)7-11(10-21(19)26-5-6-27-21)14-3-1-13(23)9-16(14)24/h1-4,8-9,11H,5-7,10H2. The van der Waals surface area contributed by atoms with Gasteiger partial charge in [0.2, 0.25) is 0 Å². The lowest BCUT2D eigenvalue weighted by atomic mass is 9.79. The maximum atomic E-state index is 13.4. The Balaban J connectivity index is 1.72. The van der Waals surface area contributed by atoms with Crippen molar-refractivity contribution in [2.24, 2.45) is 0 Å². The third-order valence-electron chi connectivity index (χ3n) is 5.41. The minimum Gasteiger partial charge on any atom is -0.343 e. The van der Waals surface area contributed by atoms with Gasteiger partial charge in [0.1, 0.15) is 0 Å². The van der Waals surface area contributed by atoms with Gasteiger partial charge in [-0.2, -0.15) is 0 Å². The number of hydrogen-bond donors (Lipinski definition) is 0. The van der Waals surface area contributed by atoms with Crippen molar-refractivity contribution >= 4 is 56.2 Å². The van der Waals surface area contributed by atoms with Gasteiger partial charge in [0.25, 0.3) is 0 Å². The molecule has 3 nitrogen and oxygen atoms in total. The molecule has 1 spiro atoms. The van der Waals surface area contributed by atoms with Crippen LogP contribution in [0.2, 0.25) is 15.1 Å². The van der Waals surface area contributed by atoms with Crippen LogP contribution in [-0.2, 0) is 21.7 Å². The molecule has 2 aliphatic rings. The van der Waals surface area contributed by atoms with Crippen LogP contribution in [0, 0.1) is 0 Å². The lowest BCUT2D eigenvalue weighted by Gasteiger charge is -2.37. The smallest absolute Gasteiger partial charge is 0.200 e. The minimum atomic E-state index is -1.04. The highest BCUT2D eigenvalue weighted by molar-refractivity contribution is 7.18. The molecule has 3 aromatic rings. The SMILES string of the molecule is O=c1c2c(sc3ccc(Cl)cc13)CC(c1ccc(Cl)cc1Cl)CC21OCCO1. The zero-order valence-electron chi connectivity index (χ0n) is 14.6. The first-order valence-corrected chi connectivity index (χ1v) is 10.9. The zero-order valence-corrected chi connectivity index (χ0v) is 17.7. The van der Waals surface area contributed by atoms with Crippen molar-refractivity contribution in [2.75, 3.05) is 13.2 Å². The van der Waals surface area contributed by atoms with Crippen LogP contribution in [0.1, 0.15) is 28.3 Å². The first-order valence-electron chi connectivity index (χ1n) is 8.95. The summed E-state index contributed by atoms with van der Waals surface area (Å²) >= 11 is 20.3. The number of benzene rings is 2. The highest BCUT2D eigenvalue weighted by Gasteiger charge is 2.48. The Hall–Kier alpha value is -1.14. The molecule has 1 atom stereocenters. The molecular formula is C21H15Cl3O3S. The molecule has 0 amide bonds. The Morgan fingerprint density at radius 2 is 1.71 bits per heavy atom. The number of halogens is 3. The summed E-state index contributed by atoms with van der Waals surface area (Å²) in [6.45, 7) is 0.913. The highest BCUT2D eigenvalue weighted by atomic mass is 35.5. The van der Waals surface area contributed by atoms with Gasteiger partial charge in [0, 0.05) is 36.5 Å². The molecule has 1 unspecified atom stereocenters. The van der Waals surface area contributed by atoms with Gasteiger partial charge in [0.05, 0.1) is 18.8 Å². The molecule has 0 bridgehead atoms. The summed E-state index contributed by atoms with van der Waals surface area (Å²) < 4.78 is 13.0. The molecule has 5 rings (SSSR count). The van der Waals surface area contributed by atoms with Crippen LogP contribution in [0.5, 0.6) is 0 Å². The monoisotopic (exact) mass is 452 g/mol. The van der Waals surface area contributed by atoms with Gasteiger partial charge >= 0.3 is 0 Å². The molecule has 1 saturated heterocycles. The lowest BCUT2D eigenvalue weighted by Crippen LogP contribution is -2.40. The van der Waals surface area contributed by atoms with Gasteiger partial charge in [-0.25, -0.2) is 0 Å². The van der Waals surface area contributed by atoms with Crippen LogP contribution in [0.15, 0.2) is 41.2 Å². The van der Waals surface area contributed by atoms with Crippen molar-refractivity contribution in [3.63, 3.8) is 0 Å². The topological polar surface area (TPSA) is 35.5 Å². The van der Waals surface area contributed by atoms with Crippen LogP contribution in [0.3, 0.4) is 0 Å². The summed E-state index contributed by atoms with van der Waals surface area (Å²) in [6, 6.07) is 11.0. The molecule has 1 fully saturated rings. The Morgan fingerprint density at radius 1 is 1.00 bits per heavy atom. The fourth-order valence-electron chi connectivity index (χ4n) is 4.23. The molecule has 1 aliphatic carbocycles. The fourth-order valence-corrected chi connectivity index (χ4v) is 6.27. The van der Waals surface area contributed by atoms with Crippen molar-refractivity contribution < 1.29 is 9.47 Å². The van der Waals surface area contributed by atoms with Crippen LogP contribution >= 0.6 is 46.1 Å². The normalized spacial score (nSPS) is 20.6. The zero-order chi connectivity index (χ0) is 19.5. The van der Waals surface area contributed by atoms with E-state index in [9.17, 15) is 4.79 Å². The molecule has 0 radical (unpaired) electrons. The summed E-state index contributed by atoms with van der Waals surface area (Å²) in [4.78, 5) is 14.4. The third kappa shape index (κ3) is 2.98. The van der Waals surface area contributed by atoms with Gasteiger partial charge in [-0.3, -0.25) is 4.79 Å². The van der Waals surface area contributed by atoms with Crippen molar-refractivity contribution in [1.82, 2.24) is 0 Å². The molecule has 0 N–H and O–H groups in total. The minimum absolute atomic E-state index is 0.0613. The molecule has 144 valence electrons. The largest absolute Gasteiger partial charge is 0.343 e. The number of ether oxygens (including phenoxy) is 2. The highest BCUT2D eigenvalue weighted by Crippen LogP contribution is 2.49. The van der Waals surface area contributed by atoms with E-state index in [0.29, 0.717) is 52.1 Å². The summed E-state index contributed by atoms with van der Waals surface area (Å²) in [5.41, 5.74) is 1.55. The second-order valence-electron chi connectivity index (χ2n) is 7.09. The van der Waals surface area contributed by atoms with Crippen LogP contribution < -0.4 is 5.43 Å². The first-order chi connectivity index (χ1) is 13.5. The first kappa shape index (κ1) is 18.9. The van der Waals surface area contributed by atoms with Crippen LogP contribution in [-0.4, -0.2) is 13.2 Å². The number of rotatable bonds is 1. The average molecular weight is 454 g/mol. The number of hydrogen-bond acceptors (Lipinski definition) is 4. The second kappa shape index (κ2) is 6.98. The van der Waals surface area contributed by atoms with E-state index in [1.165, 1.54) is 0 Å². The van der Waals surface area contributed by atoms with Gasteiger partial charge < -0.3 is 9.47 Å². The molecule has 0 saturated carbocycles. The molecule has 1 aliphatic heterocycles. The third-order valence-corrected chi connectivity index (χ3v) is 7.40. The van der Waals surface area contributed by atoms with E-state index in [0.717, 1.165) is 15.1 Å². The predicted molar refractivity (Wildman–Crippen MR) is 114 cm³/mol. The van der Waals surface area contributed by atoms with Crippen LogP contribution in [0.25, 0.3) is 10.1 Å². The van der Waals surface area contributed by atoms with Crippen molar-refractivity contribution in [2.45, 2.75) is 24.5 Å². The van der Waals surface area contributed by atoms with Crippen LogP contribution in [0.4, 0.5) is 0 Å². The predicted octanol–water partition coefficient (Wildman–Crippen LogP) is 6.15. The van der Waals surface area contributed by atoms with Gasteiger partial charge in [-0.15, -0.1) is 11.3 Å². The Morgan fingerprint density at radius 3 is 2.46 bits per heavy atom. The summed E-state index contributed by atoms with van der Waals surface area (Å²) in [6.07, 6.45) is 1.24. The van der Waals surface area contributed by atoms with E-state index in [4.69, 9.17) is 44.3 Å². The summed E-state index contributed by atoms with van der Waals surface area (Å²) in [5.74, 6) is -0.971. The lowest BCUT2D eigenvalue weighted by molar-refractivity contribution is -0.179. The fraction of sp³-hybridized carbons (Fsp3) is 0.286. The molecule has 2 heterocycles. The molecular weight excluding hydrogens is 439 g/mol. The van der Waals surface area contributed by atoms with Crippen molar-refractivity contribution in [3.8, 4) is 0 Å². The summed E-state index contributed by atoms with van der Waals surface area (Å²) in [5, 5.41) is 2.37. The Bertz CT molecular complexity index is 1150. The van der Waals surface area contributed by atoms with E-state index in [2.05, 4.69) is 0 Å². The molecule has 1 aromatic heterocycles. The maximum Gasteiger partial charge on any atom is 0.200 e. The molecule has 28 heavy (non-hydrogen) atoms. The quantitative estimate of drug-likeness (QED) is 0.443. The molecule has 2 aromatic carbocycles. The Kier molecular flexibility index (Phi) is 4.70. The van der Waals surface area contributed by atoms with E-state index in [1.807, 2.05) is 18.2 Å². The molecule has 7 heteroatoms. The summed E-state index contributed by atoms with van der Waals surface area (Å²) in [7, 11) is 0.